The number of hydrogen-bond acceptors (Lipinski definition) is 5. The molecule has 0 saturated carbocycles. The van der Waals surface area contributed by atoms with Crippen LogP contribution in [-0.2, 0) is 4.74 Å². The van der Waals surface area contributed by atoms with E-state index in [1.165, 1.54) is 6.20 Å². The van der Waals surface area contributed by atoms with Gasteiger partial charge in [-0.2, -0.15) is 0 Å². The van der Waals surface area contributed by atoms with Crippen LogP contribution in [0, 0.1) is 10.1 Å². The van der Waals surface area contributed by atoms with Crippen LogP contribution in [0.25, 0.3) is 0 Å². The topological polar surface area (TPSA) is 101 Å². The molecule has 1 fully saturated rings. The van der Waals surface area contributed by atoms with Crippen molar-refractivity contribution in [1.82, 2.24) is 9.97 Å². The minimum absolute atomic E-state index is 0.00699. The smallest absolute Gasteiger partial charge is 0.394 e. The number of nitro groups is 1. The second kappa shape index (κ2) is 4.48. The standard InChI is InChI=1S/C8H10BrN3O4/c9-5-1-4(3-13)16-7(5)6-2-10-8(11-6)12(14)15/h2,4-5,7,13H,1,3H2,(H,10,11)/t4-,5-,7+/m0/s1. The zero-order chi connectivity index (χ0) is 11.7. The SMILES string of the molecule is O=[N+]([O-])c1nc([C@@H]2O[C@H](CO)C[C@@H]2Br)c[nH]1. The van der Waals surface area contributed by atoms with Gasteiger partial charge in [-0.05, 0) is 11.3 Å². The molecule has 0 aromatic carbocycles. The Kier molecular flexibility index (Phi) is 3.22. The van der Waals surface area contributed by atoms with Gasteiger partial charge in [0.2, 0.25) is 0 Å². The van der Waals surface area contributed by atoms with E-state index in [1.807, 2.05) is 0 Å². The van der Waals surface area contributed by atoms with E-state index >= 15 is 0 Å². The Bertz CT molecular complexity index is 396. The van der Waals surface area contributed by atoms with Crippen molar-refractivity contribution in [1.29, 1.82) is 0 Å². The van der Waals surface area contributed by atoms with Crippen molar-refractivity contribution in [2.24, 2.45) is 0 Å². The number of hydrogen-bond donors (Lipinski definition) is 2. The molecule has 1 aromatic rings. The number of alkyl halides is 1. The van der Waals surface area contributed by atoms with Gasteiger partial charge in [-0.3, -0.25) is 0 Å². The van der Waals surface area contributed by atoms with Crippen molar-refractivity contribution in [3.8, 4) is 0 Å². The Morgan fingerprint density at radius 1 is 1.81 bits per heavy atom. The molecule has 0 unspecified atom stereocenters. The molecule has 1 aliphatic heterocycles. The quantitative estimate of drug-likeness (QED) is 0.489. The summed E-state index contributed by atoms with van der Waals surface area (Å²) in [4.78, 5) is 16.1. The number of aliphatic hydroxyl groups is 1. The second-order valence-corrected chi connectivity index (χ2v) is 4.70. The van der Waals surface area contributed by atoms with Crippen LogP contribution in [0.1, 0.15) is 18.2 Å². The van der Waals surface area contributed by atoms with E-state index in [0.717, 1.165) is 0 Å². The van der Waals surface area contributed by atoms with Crippen molar-refractivity contribution >= 4 is 21.9 Å². The van der Waals surface area contributed by atoms with Gasteiger partial charge in [0.1, 0.15) is 12.3 Å². The van der Waals surface area contributed by atoms with Crippen molar-refractivity contribution in [2.45, 2.75) is 23.5 Å². The van der Waals surface area contributed by atoms with Gasteiger partial charge in [-0.1, -0.05) is 20.9 Å². The van der Waals surface area contributed by atoms with Crippen molar-refractivity contribution < 1.29 is 14.8 Å². The molecule has 2 N–H and O–H groups in total. The Labute approximate surface area is 99.1 Å². The summed E-state index contributed by atoms with van der Waals surface area (Å²) in [5.41, 5.74) is 0.476. The lowest BCUT2D eigenvalue weighted by molar-refractivity contribution is -0.393. The highest BCUT2D eigenvalue weighted by molar-refractivity contribution is 9.09. The van der Waals surface area contributed by atoms with E-state index in [2.05, 4.69) is 25.9 Å². The molecule has 88 valence electrons. The first-order valence-corrected chi connectivity index (χ1v) is 5.63. The zero-order valence-corrected chi connectivity index (χ0v) is 9.75. The van der Waals surface area contributed by atoms with Crippen LogP contribution in [0.4, 0.5) is 5.95 Å². The van der Waals surface area contributed by atoms with Gasteiger partial charge < -0.3 is 20.0 Å². The van der Waals surface area contributed by atoms with E-state index in [4.69, 9.17) is 9.84 Å². The van der Waals surface area contributed by atoms with E-state index in [1.54, 1.807) is 0 Å². The number of aliphatic hydroxyl groups excluding tert-OH is 1. The third-order valence-corrected chi connectivity index (χ3v) is 3.26. The van der Waals surface area contributed by atoms with Gasteiger partial charge >= 0.3 is 5.95 Å². The largest absolute Gasteiger partial charge is 0.432 e. The number of nitrogens with one attached hydrogen (secondary N) is 1. The van der Waals surface area contributed by atoms with E-state index in [-0.39, 0.29) is 29.6 Å². The van der Waals surface area contributed by atoms with Crippen LogP contribution >= 0.6 is 15.9 Å². The average molecular weight is 292 g/mol. The van der Waals surface area contributed by atoms with Crippen LogP contribution in [-0.4, -0.2) is 37.5 Å². The molecular weight excluding hydrogens is 282 g/mol. The lowest BCUT2D eigenvalue weighted by Crippen LogP contribution is -2.11. The minimum atomic E-state index is -0.592. The number of ether oxygens (including phenoxy) is 1. The summed E-state index contributed by atoms with van der Waals surface area (Å²) >= 11 is 3.41. The van der Waals surface area contributed by atoms with Gasteiger partial charge in [0.15, 0.2) is 5.69 Å². The second-order valence-electron chi connectivity index (χ2n) is 3.52. The fraction of sp³-hybridized carbons (Fsp3) is 0.625. The summed E-state index contributed by atoms with van der Waals surface area (Å²) in [6.07, 6.45) is 1.51. The molecule has 7 nitrogen and oxygen atoms in total. The maximum Gasteiger partial charge on any atom is 0.432 e. The molecule has 3 atom stereocenters. The highest BCUT2D eigenvalue weighted by Gasteiger charge is 2.37. The number of aromatic nitrogens is 2. The van der Waals surface area contributed by atoms with Gasteiger partial charge in [-0.25, -0.2) is 4.98 Å². The van der Waals surface area contributed by atoms with E-state index < -0.39 is 4.92 Å². The summed E-state index contributed by atoms with van der Waals surface area (Å²) in [7, 11) is 0. The molecule has 0 amide bonds. The monoisotopic (exact) mass is 291 g/mol. The van der Waals surface area contributed by atoms with Gasteiger partial charge in [0.25, 0.3) is 0 Å². The lowest BCUT2D eigenvalue weighted by atomic mass is 10.1. The number of H-pyrrole nitrogens is 1. The summed E-state index contributed by atoms with van der Waals surface area (Å²) in [6.45, 7) is -0.0644. The number of aromatic amines is 1. The Hall–Kier alpha value is -0.990. The van der Waals surface area contributed by atoms with Crippen molar-refractivity contribution in [3.63, 3.8) is 0 Å². The molecule has 2 heterocycles. The molecule has 0 aliphatic carbocycles. The highest BCUT2D eigenvalue weighted by atomic mass is 79.9. The van der Waals surface area contributed by atoms with Crippen molar-refractivity contribution in [2.75, 3.05) is 6.61 Å². The summed E-state index contributed by atoms with van der Waals surface area (Å²) in [5, 5.41) is 19.4. The number of rotatable bonds is 3. The molecule has 8 heteroatoms. The summed E-state index contributed by atoms with van der Waals surface area (Å²) < 4.78 is 5.50. The van der Waals surface area contributed by atoms with Gasteiger partial charge in [0.05, 0.1) is 17.5 Å². The Morgan fingerprint density at radius 3 is 3.06 bits per heavy atom. The maximum absolute atomic E-state index is 10.5. The third kappa shape index (κ3) is 2.08. The first-order chi connectivity index (χ1) is 7.61. The zero-order valence-electron chi connectivity index (χ0n) is 8.17. The molecule has 0 bridgehead atoms. The van der Waals surface area contributed by atoms with Crippen LogP contribution in [0.5, 0.6) is 0 Å². The van der Waals surface area contributed by atoms with Crippen LogP contribution in [0.15, 0.2) is 6.20 Å². The molecular formula is C8H10BrN3O4. The molecule has 16 heavy (non-hydrogen) atoms. The molecule has 2 rings (SSSR count). The lowest BCUT2D eigenvalue weighted by Gasteiger charge is -2.08. The van der Waals surface area contributed by atoms with E-state index in [0.29, 0.717) is 12.1 Å². The van der Waals surface area contributed by atoms with Crippen LogP contribution in [0.2, 0.25) is 0 Å². The van der Waals surface area contributed by atoms with Gasteiger partial charge in [0, 0.05) is 0 Å². The number of halogens is 1. The predicted molar refractivity (Wildman–Crippen MR) is 57.3 cm³/mol. The molecule has 0 spiro atoms. The summed E-state index contributed by atoms with van der Waals surface area (Å²) in [5.74, 6) is -0.300. The molecule has 1 saturated heterocycles. The number of imidazole rings is 1. The first-order valence-electron chi connectivity index (χ1n) is 4.72. The molecule has 1 aliphatic rings. The molecule has 0 radical (unpaired) electrons. The predicted octanol–water partition coefficient (Wildman–Crippen LogP) is 0.904. The van der Waals surface area contributed by atoms with Gasteiger partial charge in [-0.15, -0.1) is 0 Å². The fourth-order valence-corrected chi connectivity index (χ4v) is 2.47. The third-order valence-electron chi connectivity index (χ3n) is 2.41. The normalized spacial score (nSPS) is 29.5. The first kappa shape index (κ1) is 11.5. The van der Waals surface area contributed by atoms with Crippen LogP contribution < -0.4 is 0 Å². The Balaban J connectivity index is 2.15. The minimum Gasteiger partial charge on any atom is -0.394 e. The maximum atomic E-state index is 10.5. The average Bonchev–Trinajstić information content (AvgIpc) is 2.83. The van der Waals surface area contributed by atoms with Crippen LogP contribution in [0.3, 0.4) is 0 Å². The van der Waals surface area contributed by atoms with E-state index in [9.17, 15) is 10.1 Å². The fourth-order valence-electron chi connectivity index (χ4n) is 1.66. The summed E-state index contributed by atoms with van der Waals surface area (Å²) in [6, 6.07) is 0. The number of nitrogens with zero attached hydrogens (tertiary/aromatic N) is 2. The highest BCUT2D eigenvalue weighted by Crippen LogP contribution is 2.37. The van der Waals surface area contributed by atoms with Crippen molar-refractivity contribution in [3.05, 3.63) is 22.0 Å². The molecule has 1 aromatic heterocycles. The Morgan fingerprint density at radius 2 is 2.56 bits per heavy atom.